The maximum absolute atomic E-state index is 11.4. The smallest absolute Gasteiger partial charge is 0.410 e. The van der Waals surface area contributed by atoms with E-state index in [1.165, 1.54) is 4.90 Å². The summed E-state index contributed by atoms with van der Waals surface area (Å²) in [4.78, 5) is 25.1. The molecule has 6 heteroatoms. The molecule has 84 valence electrons. The largest absolute Gasteiger partial charge is 0.450 e. The number of hydrogen-bond acceptors (Lipinski definition) is 5. The van der Waals surface area contributed by atoms with Crippen LogP contribution in [-0.4, -0.2) is 54.7 Å². The van der Waals surface area contributed by atoms with E-state index in [-0.39, 0.29) is 13.2 Å². The van der Waals surface area contributed by atoms with Crippen LogP contribution in [0.4, 0.5) is 4.79 Å². The van der Waals surface area contributed by atoms with Crippen LogP contribution < -0.4 is 5.73 Å². The Bertz CT molecular complexity index is 286. The SMILES string of the molecule is CCOC(=O)N1CCN(CN)C(=C=O)C1. The van der Waals surface area contributed by atoms with Gasteiger partial charge < -0.3 is 15.4 Å². The standard InChI is InChI=1S/C9H15N3O3/c1-2-15-9(14)11-3-4-12(7-10)8(5-11)6-13/h2-5,7,10H2,1H3. The molecule has 0 saturated carbocycles. The molecule has 0 aromatic heterocycles. The van der Waals surface area contributed by atoms with E-state index in [9.17, 15) is 9.59 Å². The minimum absolute atomic E-state index is 0.222. The van der Waals surface area contributed by atoms with Gasteiger partial charge in [0.05, 0.1) is 19.8 Å². The summed E-state index contributed by atoms with van der Waals surface area (Å²) in [6.07, 6.45) is -0.401. The Labute approximate surface area is 88.3 Å². The van der Waals surface area contributed by atoms with E-state index in [1.807, 2.05) is 0 Å². The van der Waals surface area contributed by atoms with Gasteiger partial charge in [0.1, 0.15) is 11.6 Å². The molecule has 2 N–H and O–H groups in total. The topological polar surface area (TPSA) is 75.9 Å². The molecule has 1 amide bonds. The van der Waals surface area contributed by atoms with Gasteiger partial charge in [-0.2, -0.15) is 0 Å². The lowest BCUT2D eigenvalue weighted by Crippen LogP contribution is -2.49. The molecule has 6 nitrogen and oxygen atoms in total. The molecule has 0 bridgehead atoms. The summed E-state index contributed by atoms with van der Waals surface area (Å²) in [6.45, 7) is 3.61. The molecule has 0 aromatic rings. The van der Waals surface area contributed by atoms with E-state index in [4.69, 9.17) is 10.5 Å². The fourth-order valence-electron chi connectivity index (χ4n) is 1.41. The second kappa shape index (κ2) is 5.38. The first-order valence-corrected chi connectivity index (χ1v) is 4.83. The lowest BCUT2D eigenvalue weighted by molar-refractivity contribution is 0.0940. The first-order chi connectivity index (χ1) is 7.22. The molecule has 1 fully saturated rings. The summed E-state index contributed by atoms with van der Waals surface area (Å²) in [5.41, 5.74) is 5.84. The van der Waals surface area contributed by atoms with Crippen molar-refractivity contribution in [3.05, 3.63) is 5.70 Å². The maximum atomic E-state index is 11.4. The van der Waals surface area contributed by atoms with Gasteiger partial charge in [0.2, 0.25) is 0 Å². The number of ether oxygens (including phenoxy) is 1. The Morgan fingerprint density at radius 1 is 1.60 bits per heavy atom. The highest BCUT2D eigenvalue weighted by atomic mass is 16.6. The van der Waals surface area contributed by atoms with Crippen molar-refractivity contribution in [2.75, 3.05) is 32.9 Å². The number of nitrogens with zero attached hydrogens (tertiary/aromatic N) is 2. The zero-order valence-corrected chi connectivity index (χ0v) is 8.73. The molecule has 1 heterocycles. The average molecular weight is 213 g/mol. The lowest BCUT2D eigenvalue weighted by atomic mass is 10.3. The van der Waals surface area contributed by atoms with Gasteiger partial charge in [0, 0.05) is 13.1 Å². The summed E-state index contributed by atoms with van der Waals surface area (Å²) in [7, 11) is 0. The molecule has 0 spiro atoms. The predicted octanol–water partition coefficient (Wildman–Crippen LogP) is -0.608. The van der Waals surface area contributed by atoms with E-state index in [0.29, 0.717) is 25.4 Å². The van der Waals surface area contributed by atoms with Gasteiger partial charge >= 0.3 is 6.09 Å². The van der Waals surface area contributed by atoms with Crippen molar-refractivity contribution in [2.24, 2.45) is 5.73 Å². The molecular weight excluding hydrogens is 198 g/mol. The number of piperazine rings is 1. The molecule has 0 aromatic carbocycles. The molecule has 0 radical (unpaired) electrons. The number of carbonyl (C=O) groups excluding carboxylic acids is 2. The fourth-order valence-corrected chi connectivity index (χ4v) is 1.41. The van der Waals surface area contributed by atoms with E-state index >= 15 is 0 Å². The fraction of sp³-hybridized carbons (Fsp3) is 0.667. The zero-order chi connectivity index (χ0) is 11.3. The lowest BCUT2D eigenvalue weighted by Gasteiger charge is -2.34. The highest BCUT2D eigenvalue weighted by Gasteiger charge is 2.25. The normalized spacial score (nSPS) is 16.3. The Balaban J connectivity index is 2.61. The molecule has 15 heavy (non-hydrogen) atoms. The highest BCUT2D eigenvalue weighted by Crippen LogP contribution is 2.10. The van der Waals surface area contributed by atoms with Crippen molar-refractivity contribution >= 4 is 12.0 Å². The number of rotatable bonds is 2. The number of hydrogen-bond donors (Lipinski definition) is 1. The monoisotopic (exact) mass is 213 g/mol. The summed E-state index contributed by atoms with van der Waals surface area (Å²) >= 11 is 0. The van der Waals surface area contributed by atoms with Crippen LogP contribution in [0.5, 0.6) is 0 Å². The highest BCUT2D eigenvalue weighted by molar-refractivity contribution is 5.69. The third-order valence-corrected chi connectivity index (χ3v) is 2.23. The van der Waals surface area contributed by atoms with Crippen molar-refractivity contribution in [3.63, 3.8) is 0 Å². The number of nitrogens with two attached hydrogens (primary N) is 1. The van der Waals surface area contributed by atoms with Crippen molar-refractivity contribution in [1.82, 2.24) is 9.80 Å². The van der Waals surface area contributed by atoms with Crippen LogP contribution in [-0.2, 0) is 9.53 Å². The van der Waals surface area contributed by atoms with Crippen LogP contribution in [0.1, 0.15) is 6.92 Å². The maximum Gasteiger partial charge on any atom is 0.410 e. The third-order valence-electron chi connectivity index (χ3n) is 2.23. The van der Waals surface area contributed by atoms with Crippen molar-refractivity contribution in [2.45, 2.75) is 6.92 Å². The van der Waals surface area contributed by atoms with Crippen LogP contribution in [0.3, 0.4) is 0 Å². The quantitative estimate of drug-likeness (QED) is 0.619. The number of carbonyl (C=O) groups is 1. The van der Waals surface area contributed by atoms with Crippen LogP contribution in [0.25, 0.3) is 0 Å². The summed E-state index contributed by atoms with van der Waals surface area (Å²) in [6, 6.07) is 0. The molecule has 1 aliphatic heterocycles. The summed E-state index contributed by atoms with van der Waals surface area (Å²) in [5, 5.41) is 0. The van der Waals surface area contributed by atoms with Gasteiger partial charge in [0.25, 0.3) is 0 Å². The van der Waals surface area contributed by atoms with E-state index in [2.05, 4.69) is 0 Å². The van der Waals surface area contributed by atoms with Crippen molar-refractivity contribution < 1.29 is 14.3 Å². The summed E-state index contributed by atoms with van der Waals surface area (Å²) in [5.74, 6) is 1.80. The van der Waals surface area contributed by atoms with E-state index < -0.39 is 6.09 Å². The van der Waals surface area contributed by atoms with E-state index in [0.717, 1.165) is 0 Å². The van der Waals surface area contributed by atoms with Crippen molar-refractivity contribution in [1.29, 1.82) is 0 Å². The van der Waals surface area contributed by atoms with Crippen molar-refractivity contribution in [3.8, 4) is 0 Å². The van der Waals surface area contributed by atoms with Gasteiger partial charge in [-0.15, -0.1) is 0 Å². The third kappa shape index (κ3) is 2.71. The van der Waals surface area contributed by atoms with Gasteiger partial charge in [-0.1, -0.05) is 0 Å². The molecule has 1 aliphatic rings. The second-order valence-corrected chi connectivity index (χ2v) is 3.12. The summed E-state index contributed by atoms with van der Waals surface area (Å²) < 4.78 is 4.84. The van der Waals surface area contributed by atoms with Gasteiger partial charge in [-0.3, -0.25) is 4.90 Å². The average Bonchev–Trinajstić information content (AvgIpc) is 2.28. The van der Waals surface area contributed by atoms with Gasteiger partial charge in [-0.25, -0.2) is 9.59 Å². The Kier molecular flexibility index (Phi) is 4.15. The minimum Gasteiger partial charge on any atom is -0.450 e. The van der Waals surface area contributed by atoms with Gasteiger partial charge in [0.15, 0.2) is 0 Å². The molecule has 1 rings (SSSR count). The first-order valence-electron chi connectivity index (χ1n) is 4.83. The Hall–Kier alpha value is -1.52. The van der Waals surface area contributed by atoms with Crippen LogP contribution in [0.15, 0.2) is 5.70 Å². The molecule has 0 atom stereocenters. The molecule has 0 aliphatic carbocycles. The first kappa shape index (κ1) is 11.6. The van der Waals surface area contributed by atoms with Crippen LogP contribution >= 0.6 is 0 Å². The molecular formula is C9H15N3O3. The Morgan fingerprint density at radius 3 is 2.87 bits per heavy atom. The van der Waals surface area contributed by atoms with Crippen LogP contribution in [0.2, 0.25) is 0 Å². The zero-order valence-electron chi connectivity index (χ0n) is 8.73. The Morgan fingerprint density at radius 2 is 2.33 bits per heavy atom. The number of amides is 1. The molecule has 0 unspecified atom stereocenters. The van der Waals surface area contributed by atoms with Crippen LogP contribution in [0, 0.1) is 0 Å². The molecule has 1 saturated heterocycles. The minimum atomic E-state index is -0.401. The van der Waals surface area contributed by atoms with Gasteiger partial charge in [-0.05, 0) is 6.92 Å². The second-order valence-electron chi connectivity index (χ2n) is 3.12. The predicted molar refractivity (Wildman–Crippen MR) is 53.6 cm³/mol. The van der Waals surface area contributed by atoms with E-state index in [1.54, 1.807) is 17.8 Å².